The summed E-state index contributed by atoms with van der Waals surface area (Å²) in [5.41, 5.74) is 7.48. The van der Waals surface area contributed by atoms with Crippen molar-refractivity contribution >= 4 is 29.3 Å². The Morgan fingerprint density at radius 1 is 1.23 bits per heavy atom. The fourth-order valence-electron chi connectivity index (χ4n) is 3.48. The number of nitrogens with two attached hydrogens (primary N) is 1. The molecule has 0 spiro atoms. The lowest BCUT2D eigenvalue weighted by molar-refractivity contribution is -0.385. The molecule has 184 valence electrons. The minimum absolute atomic E-state index is 0.0856. The number of hydrogen-bond donors (Lipinski definition) is 4. The zero-order chi connectivity index (χ0) is 25.4. The number of benzene rings is 1. The zero-order valence-corrected chi connectivity index (χ0v) is 19.4. The number of esters is 1. The van der Waals surface area contributed by atoms with E-state index in [1.807, 2.05) is 6.92 Å². The maximum absolute atomic E-state index is 12.8. The van der Waals surface area contributed by atoms with Crippen LogP contribution in [-0.4, -0.2) is 47.4 Å². The number of primary amides is 1. The van der Waals surface area contributed by atoms with E-state index in [1.165, 1.54) is 18.3 Å². The molecule has 0 saturated carbocycles. The van der Waals surface area contributed by atoms with Crippen molar-refractivity contribution in [3.05, 3.63) is 75.1 Å². The number of aliphatic imine (C=N–C) groups is 1. The predicted octanol–water partition coefficient (Wildman–Crippen LogP) is 2.02. The molecular weight excluding hydrogens is 454 g/mol. The summed E-state index contributed by atoms with van der Waals surface area (Å²) in [6, 6.07) is 9.02. The Morgan fingerprint density at radius 2 is 1.97 bits per heavy atom. The standard InChI is InChI=1S/C23H27N7O5/c1-3-17-19(22(32)35-4-2)20(14-5-7-15(8-6-14)21(24)31)29-23(28-17)26-12-11-25-18-10-9-16(13-27-18)30(33)34/h5-10,13,20H,3-4,11-12H2,1-2H3,(H2,24,31)(H,25,27)(H2,26,28,29). The molecular formula is C23H27N7O5. The van der Waals surface area contributed by atoms with Gasteiger partial charge in [-0.05, 0) is 37.1 Å². The van der Waals surface area contributed by atoms with Gasteiger partial charge in [-0.1, -0.05) is 19.1 Å². The van der Waals surface area contributed by atoms with Gasteiger partial charge in [-0.2, -0.15) is 0 Å². The summed E-state index contributed by atoms with van der Waals surface area (Å²) >= 11 is 0. The van der Waals surface area contributed by atoms with Gasteiger partial charge in [0.25, 0.3) is 5.69 Å². The van der Waals surface area contributed by atoms with Gasteiger partial charge in [-0.25, -0.2) is 9.78 Å². The second kappa shape index (κ2) is 11.6. The smallest absolute Gasteiger partial charge is 0.338 e. The van der Waals surface area contributed by atoms with Crippen molar-refractivity contribution in [2.45, 2.75) is 26.3 Å². The van der Waals surface area contributed by atoms with Crippen molar-refractivity contribution in [2.24, 2.45) is 10.7 Å². The highest BCUT2D eigenvalue weighted by molar-refractivity contribution is 5.96. The molecule has 1 unspecified atom stereocenters. The van der Waals surface area contributed by atoms with Crippen LogP contribution in [0.3, 0.4) is 0 Å². The van der Waals surface area contributed by atoms with Gasteiger partial charge in [0.15, 0.2) is 5.96 Å². The van der Waals surface area contributed by atoms with E-state index in [2.05, 4.69) is 25.9 Å². The Hall–Kier alpha value is -4.48. The third-order valence-electron chi connectivity index (χ3n) is 5.19. The quantitative estimate of drug-likeness (QED) is 0.171. The van der Waals surface area contributed by atoms with E-state index in [-0.39, 0.29) is 12.3 Å². The lowest BCUT2D eigenvalue weighted by Crippen LogP contribution is -2.47. The fraction of sp³-hybridized carbons (Fsp3) is 0.304. The lowest BCUT2D eigenvalue weighted by atomic mass is 9.93. The first-order valence-electron chi connectivity index (χ1n) is 11.1. The molecule has 1 atom stereocenters. The van der Waals surface area contributed by atoms with E-state index in [0.717, 1.165) is 5.56 Å². The highest BCUT2D eigenvalue weighted by Crippen LogP contribution is 2.29. The topological polar surface area (TPSA) is 174 Å². The minimum atomic E-state index is -0.546. The Bertz CT molecular complexity index is 1140. The van der Waals surface area contributed by atoms with E-state index in [9.17, 15) is 19.7 Å². The van der Waals surface area contributed by atoms with Gasteiger partial charge >= 0.3 is 5.97 Å². The van der Waals surface area contributed by atoms with E-state index in [1.54, 1.807) is 31.2 Å². The number of guanidine groups is 1. The number of aromatic nitrogens is 1. The number of anilines is 1. The second-order valence-electron chi connectivity index (χ2n) is 7.47. The number of carbonyl (C=O) groups excluding carboxylic acids is 2. The molecule has 0 aliphatic carbocycles. The third-order valence-corrected chi connectivity index (χ3v) is 5.19. The fourth-order valence-corrected chi connectivity index (χ4v) is 3.48. The van der Waals surface area contributed by atoms with Crippen LogP contribution in [0.4, 0.5) is 11.5 Å². The Balaban J connectivity index is 1.78. The normalized spacial score (nSPS) is 16.3. The average Bonchev–Trinajstić information content (AvgIpc) is 2.86. The first-order valence-corrected chi connectivity index (χ1v) is 11.1. The van der Waals surface area contributed by atoms with E-state index in [4.69, 9.17) is 10.5 Å². The Kier molecular flexibility index (Phi) is 8.33. The molecule has 12 heteroatoms. The number of nitrogens with zero attached hydrogens (tertiary/aromatic N) is 3. The molecule has 1 amide bonds. The number of carbonyl (C=O) groups is 2. The first-order chi connectivity index (χ1) is 16.8. The van der Waals surface area contributed by atoms with Crippen LogP contribution in [0, 0.1) is 10.1 Å². The van der Waals surface area contributed by atoms with Crippen molar-refractivity contribution < 1.29 is 19.2 Å². The molecule has 1 aromatic carbocycles. The van der Waals surface area contributed by atoms with Gasteiger partial charge in [0.2, 0.25) is 5.91 Å². The van der Waals surface area contributed by atoms with Gasteiger partial charge in [-0.3, -0.25) is 19.9 Å². The van der Waals surface area contributed by atoms with Gasteiger partial charge in [0.05, 0.1) is 29.7 Å². The third kappa shape index (κ3) is 6.31. The zero-order valence-electron chi connectivity index (χ0n) is 19.4. The molecule has 12 nitrogen and oxygen atoms in total. The predicted molar refractivity (Wildman–Crippen MR) is 130 cm³/mol. The van der Waals surface area contributed by atoms with Crippen LogP contribution in [0.2, 0.25) is 0 Å². The van der Waals surface area contributed by atoms with E-state index < -0.39 is 22.8 Å². The molecule has 35 heavy (non-hydrogen) atoms. The van der Waals surface area contributed by atoms with Crippen molar-refractivity contribution in [3.8, 4) is 0 Å². The summed E-state index contributed by atoms with van der Waals surface area (Å²) in [5, 5.41) is 20.2. The van der Waals surface area contributed by atoms with Crippen molar-refractivity contribution in [2.75, 3.05) is 25.0 Å². The Labute approximate surface area is 201 Å². The Morgan fingerprint density at radius 3 is 2.54 bits per heavy atom. The van der Waals surface area contributed by atoms with Crippen molar-refractivity contribution in [3.63, 3.8) is 0 Å². The maximum Gasteiger partial charge on any atom is 0.338 e. The van der Waals surface area contributed by atoms with Gasteiger partial charge in [0.1, 0.15) is 12.0 Å². The van der Waals surface area contributed by atoms with Crippen LogP contribution in [0.25, 0.3) is 0 Å². The average molecular weight is 482 g/mol. The maximum atomic E-state index is 12.8. The highest BCUT2D eigenvalue weighted by atomic mass is 16.6. The molecule has 0 radical (unpaired) electrons. The van der Waals surface area contributed by atoms with Crippen LogP contribution in [0.1, 0.15) is 42.2 Å². The van der Waals surface area contributed by atoms with E-state index in [0.29, 0.717) is 48.1 Å². The largest absolute Gasteiger partial charge is 0.463 e. The van der Waals surface area contributed by atoms with Crippen LogP contribution < -0.4 is 21.7 Å². The number of pyridine rings is 1. The van der Waals surface area contributed by atoms with Crippen molar-refractivity contribution in [1.82, 2.24) is 15.6 Å². The molecule has 5 N–H and O–H groups in total. The van der Waals surface area contributed by atoms with Crippen LogP contribution in [0.5, 0.6) is 0 Å². The lowest BCUT2D eigenvalue weighted by Gasteiger charge is -2.31. The minimum Gasteiger partial charge on any atom is -0.463 e. The van der Waals surface area contributed by atoms with Gasteiger partial charge in [0, 0.05) is 23.9 Å². The second-order valence-corrected chi connectivity index (χ2v) is 7.47. The molecule has 2 aromatic rings. The van der Waals surface area contributed by atoms with Gasteiger partial charge < -0.3 is 26.4 Å². The van der Waals surface area contributed by atoms with Crippen LogP contribution >= 0.6 is 0 Å². The summed E-state index contributed by atoms with van der Waals surface area (Å²) in [5.74, 6) is -0.0235. The highest BCUT2D eigenvalue weighted by Gasteiger charge is 2.32. The van der Waals surface area contributed by atoms with Crippen LogP contribution in [0.15, 0.2) is 58.9 Å². The SMILES string of the molecule is CCOC(=O)C1=C(CC)NC(=NCCNc2ccc([N+](=O)[O-])cn2)NC1c1ccc(C(N)=O)cc1. The molecule has 3 rings (SSSR count). The summed E-state index contributed by atoms with van der Waals surface area (Å²) in [6.07, 6.45) is 1.72. The van der Waals surface area contributed by atoms with Crippen molar-refractivity contribution in [1.29, 1.82) is 0 Å². The summed E-state index contributed by atoms with van der Waals surface area (Å²) in [4.78, 5) is 43.0. The molecule has 2 heterocycles. The molecule has 1 aliphatic heterocycles. The number of allylic oxidation sites excluding steroid dienone is 1. The summed E-state index contributed by atoms with van der Waals surface area (Å²) in [6.45, 7) is 4.66. The molecule has 0 bridgehead atoms. The number of nitrogens with one attached hydrogen (secondary N) is 3. The number of rotatable bonds is 10. The molecule has 0 saturated heterocycles. The van der Waals surface area contributed by atoms with Gasteiger partial charge in [-0.15, -0.1) is 0 Å². The number of amides is 1. The van der Waals surface area contributed by atoms with E-state index >= 15 is 0 Å². The number of ether oxygens (including phenoxy) is 1. The molecule has 1 aromatic heterocycles. The molecule has 1 aliphatic rings. The molecule has 0 fully saturated rings. The summed E-state index contributed by atoms with van der Waals surface area (Å²) < 4.78 is 5.28. The van der Waals surface area contributed by atoms with Crippen LogP contribution in [-0.2, 0) is 9.53 Å². The summed E-state index contributed by atoms with van der Waals surface area (Å²) in [7, 11) is 0. The number of hydrogen-bond acceptors (Lipinski definition) is 8. The number of nitro groups is 1. The monoisotopic (exact) mass is 481 g/mol. The first kappa shape index (κ1) is 25.1.